The van der Waals surface area contributed by atoms with E-state index in [1.807, 2.05) is 4.68 Å². The lowest BCUT2D eigenvalue weighted by Gasteiger charge is -2.16. The van der Waals surface area contributed by atoms with E-state index in [1.54, 1.807) is 6.33 Å². The van der Waals surface area contributed by atoms with E-state index in [0.29, 0.717) is 6.04 Å². The number of hydrogen-bond acceptors (Lipinski definition) is 3. The largest absolute Gasteiger partial charge is 0.314 e. The van der Waals surface area contributed by atoms with Gasteiger partial charge in [0.1, 0.15) is 12.2 Å². The number of nitrogens with one attached hydrogen (secondary N) is 1. The molecule has 0 saturated carbocycles. The van der Waals surface area contributed by atoms with Crippen LogP contribution in [0.5, 0.6) is 0 Å². The van der Waals surface area contributed by atoms with Gasteiger partial charge in [0.15, 0.2) is 0 Å². The van der Waals surface area contributed by atoms with E-state index in [4.69, 9.17) is 0 Å². The molecule has 0 spiro atoms. The van der Waals surface area contributed by atoms with E-state index in [1.165, 1.54) is 12.8 Å². The van der Waals surface area contributed by atoms with Gasteiger partial charge in [-0.15, -0.1) is 0 Å². The molecule has 0 radical (unpaired) electrons. The van der Waals surface area contributed by atoms with Gasteiger partial charge >= 0.3 is 0 Å². The predicted octanol–water partition coefficient (Wildman–Crippen LogP) is 2.01. The first kappa shape index (κ1) is 13.2. The zero-order valence-electron chi connectivity index (χ0n) is 10.7. The number of rotatable bonds is 8. The number of aryl methyl sites for hydroxylation is 2. The van der Waals surface area contributed by atoms with Gasteiger partial charge in [0.25, 0.3) is 0 Å². The molecule has 0 aliphatic rings. The van der Waals surface area contributed by atoms with Crippen molar-refractivity contribution in [3.63, 3.8) is 0 Å². The summed E-state index contributed by atoms with van der Waals surface area (Å²) in [5.41, 5.74) is 0. The Morgan fingerprint density at radius 1 is 1.38 bits per heavy atom. The highest BCUT2D eigenvalue weighted by Crippen LogP contribution is 2.05. The van der Waals surface area contributed by atoms with Gasteiger partial charge in [0.2, 0.25) is 0 Å². The molecule has 16 heavy (non-hydrogen) atoms. The fourth-order valence-corrected chi connectivity index (χ4v) is 1.85. The van der Waals surface area contributed by atoms with Gasteiger partial charge in [-0.3, -0.25) is 4.68 Å². The van der Waals surface area contributed by atoms with Gasteiger partial charge in [0.05, 0.1) is 0 Å². The van der Waals surface area contributed by atoms with Crippen molar-refractivity contribution >= 4 is 0 Å². The fourth-order valence-electron chi connectivity index (χ4n) is 1.85. The van der Waals surface area contributed by atoms with E-state index >= 15 is 0 Å². The van der Waals surface area contributed by atoms with Crippen molar-refractivity contribution in [1.82, 2.24) is 20.1 Å². The van der Waals surface area contributed by atoms with Crippen molar-refractivity contribution < 1.29 is 0 Å². The molecule has 0 aliphatic heterocycles. The SMILES string of the molecule is CCCNC(CC)CCc1ncnn1CC. The lowest BCUT2D eigenvalue weighted by molar-refractivity contribution is 0.457. The number of nitrogens with zero attached hydrogens (tertiary/aromatic N) is 3. The summed E-state index contributed by atoms with van der Waals surface area (Å²) in [6, 6.07) is 0.613. The molecule has 0 aliphatic carbocycles. The highest BCUT2D eigenvalue weighted by atomic mass is 15.3. The van der Waals surface area contributed by atoms with E-state index in [2.05, 4.69) is 36.2 Å². The number of hydrogen-bond donors (Lipinski definition) is 1. The molecule has 1 heterocycles. The maximum Gasteiger partial charge on any atom is 0.138 e. The Hall–Kier alpha value is -0.900. The second-order valence-corrected chi connectivity index (χ2v) is 4.09. The van der Waals surface area contributed by atoms with Gasteiger partial charge in [-0.1, -0.05) is 13.8 Å². The molecule has 1 unspecified atom stereocenters. The molecule has 1 aromatic rings. The molecule has 1 N–H and O–H groups in total. The lowest BCUT2D eigenvalue weighted by Crippen LogP contribution is -2.29. The first-order valence-electron chi connectivity index (χ1n) is 6.41. The second kappa shape index (κ2) is 7.39. The zero-order chi connectivity index (χ0) is 11.8. The van der Waals surface area contributed by atoms with Crippen molar-refractivity contribution in [3.05, 3.63) is 12.2 Å². The van der Waals surface area contributed by atoms with E-state index in [-0.39, 0.29) is 0 Å². The van der Waals surface area contributed by atoms with Crippen molar-refractivity contribution in [2.45, 2.75) is 59.0 Å². The number of aromatic nitrogens is 3. The minimum Gasteiger partial charge on any atom is -0.314 e. The third-order valence-electron chi connectivity index (χ3n) is 2.89. The summed E-state index contributed by atoms with van der Waals surface area (Å²) >= 11 is 0. The minimum absolute atomic E-state index is 0.613. The molecule has 1 aromatic heterocycles. The highest BCUT2D eigenvalue weighted by molar-refractivity contribution is 4.86. The molecular weight excluding hydrogens is 200 g/mol. The first-order chi connectivity index (χ1) is 7.81. The second-order valence-electron chi connectivity index (χ2n) is 4.09. The van der Waals surface area contributed by atoms with E-state index < -0.39 is 0 Å². The molecule has 0 aromatic carbocycles. The van der Waals surface area contributed by atoms with Crippen LogP contribution in [0, 0.1) is 0 Å². The Kier molecular flexibility index (Phi) is 6.08. The molecule has 0 amide bonds. The van der Waals surface area contributed by atoms with E-state index in [0.717, 1.165) is 31.8 Å². The Morgan fingerprint density at radius 3 is 2.81 bits per heavy atom. The standard InChI is InChI=1S/C12H24N4/c1-4-9-13-11(5-2)7-8-12-14-10-15-16(12)6-3/h10-11,13H,4-9H2,1-3H3. The van der Waals surface area contributed by atoms with Gasteiger partial charge in [-0.05, 0) is 32.7 Å². The Morgan fingerprint density at radius 2 is 2.19 bits per heavy atom. The maximum atomic E-state index is 4.30. The first-order valence-corrected chi connectivity index (χ1v) is 6.41. The summed E-state index contributed by atoms with van der Waals surface area (Å²) in [4.78, 5) is 4.30. The van der Waals surface area contributed by atoms with Crippen LogP contribution in [0.3, 0.4) is 0 Å². The fraction of sp³-hybridized carbons (Fsp3) is 0.833. The maximum absolute atomic E-state index is 4.30. The summed E-state index contributed by atoms with van der Waals surface area (Å²) < 4.78 is 1.98. The van der Waals surface area contributed by atoms with Crippen LogP contribution >= 0.6 is 0 Å². The van der Waals surface area contributed by atoms with E-state index in [9.17, 15) is 0 Å². The smallest absolute Gasteiger partial charge is 0.138 e. The zero-order valence-corrected chi connectivity index (χ0v) is 10.7. The Bertz CT molecular complexity index is 282. The Labute approximate surface area is 98.5 Å². The van der Waals surface area contributed by atoms with Gasteiger partial charge in [0, 0.05) is 19.0 Å². The third kappa shape index (κ3) is 3.93. The summed E-state index contributed by atoms with van der Waals surface area (Å²) in [5, 5.41) is 7.75. The van der Waals surface area contributed by atoms with Gasteiger partial charge < -0.3 is 5.32 Å². The summed E-state index contributed by atoms with van der Waals surface area (Å²) in [7, 11) is 0. The van der Waals surface area contributed by atoms with Crippen LogP contribution in [0.4, 0.5) is 0 Å². The molecule has 1 atom stereocenters. The average molecular weight is 224 g/mol. The molecule has 1 rings (SSSR count). The van der Waals surface area contributed by atoms with Crippen LogP contribution in [-0.2, 0) is 13.0 Å². The predicted molar refractivity (Wildman–Crippen MR) is 66.4 cm³/mol. The van der Waals surface area contributed by atoms with Crippen molar-refractivity contribution in [2.75, 3.05) is 6.54 Å². The van der Waals surface area contributed by atoms with Crippen LogP contribution in [0.1, 0.15) is 45.9 Å². The van der Waals surface area contributed by atoms with Gasteiger partial charge in [-0.25, -0.2) is 4.98 Å². The van der Waals surface area contributed by atoms with Crippen LogP contribution < -0.4 is 5.32 Å². The monoisotopic (exact) mass is 224 g/mol. The summed E-state index contributed by atoms with van der Waals surface area (Å²) in [5.74, 6) is 1.11. The van der Waals surface area contributed by atoms with Gasteiger partial charge in [-0.2, -0.15) is 5.10 Å². The normalized spacial score (nSPS) is 12.9. The molecule has 4 heteroatoms. The molecule has 0 saturated heterocycles. The van der Waals surface area contributed by atoms with Crippen LogP contribution in [0.25, 0.3) is 0 Å². The van der Waals surface area contributed by atoms with Crippen LogP contribution in [-0.4, -0.2) is 27.4 Å². The summed E-state index contributed by atoms with van der Waals surface area (Å²) in [6.07, 6.45) is 6.19. The third-order valence-corrected chi connectivity index (χ3v) is 2.89. The van der Waals surface area contributed by atoms with Crippen molar-refractivity contribution in [1.29, 1.82) is 0 Å². The topological polar surface area (TPSA) is 42.7 Å². The van der Waals surface area contributed by atoms with Crippen LogP contribution in [0.15, 0.2) is 6.33 Å². The quantitative estimate of drug-likeness (QED) is 0.734. The van der Waals surface area contributed by atoms with Crippen molar-refractivity contribution in [3.8, 4) is 0 Å². The average Bonchev–Trinajstić information content (AvgIpc) is 2.77. The molecule has 0 fully saturated rings. The Balaban J connectivity index is 2.36. The molecule has 4 nitrogen and oxygen atoms in total. The van der Waals surface area contributed by atoms with Crippen LogP contribution in [0.2, 0.25) is 0 Å². The molecular formula is C12H24N4. The lowest BCUT2D eigenvalue weighted by atomic mass is 10.1. The minimum atomic E-state index is 0.613. The highest BCUT2D eigenvalue weighted by Gasteiger charge is 2.08. The summed E-state index contributed by atoms with van der Waals surface area (Å²) in [6.45, 7) is 8.56. The molecule has 0 bridgehead atoms. The van der Waals surface area contributed by atoms with Crippen molar-refractivity contribution in [2.24, 2.45) is 0 Å². The molecule has 92 valence electrons.